The zero-order chi connectivity index (χ0) is 74.9. The predicted molar refractivity (Wildman–Crippen MR) is 346 cm³/mol. The van der Waals surface area contributed by atoms with Gasteiger partial charge in [-0.15, -0.1) is 0 Å². The quantitative estimate of drug-likeness (QED) is 0.0266. The van der Waals surface area contributed by atoms with Crippen molar-refractivity contribution in [3.63, 3.8) is 0 Å². The molecule has 25 N–H and O–H groups in total. The molecule has 0 radical (unpaired) electrons. The van der Waals surface area contributed by atoms with Gasteiger partial charge in [0.2, 0.25) is 11.8 Å². The van der Waals surface area contributed by atoms with Gasteiger partial charge in [-0.05, 0) is 64.8 Å². The highest BCUT2D eigenvalue weighted by atomic mass is 16.6. The number of amides is 11. The van der Waals surface area contributed by atoms with Crippen molar-refractivity contribution in [1.82, 2.24) is 0 Å². The number of furan rings is 2. The highest BCUT2D eigenvalue weighted by Crippen LogP contribution is 2.03. The summed E-state index contributed by atoms with van der Waals surface area (Å²) in [6.07, 6.45) is 22.2. The van der Waals surface area contributed by atoms with Crippen molar-refractivity contribution in [2.75, 3.05) is 92.5 Å². The van der Waals surface area contributed by atoms with Crippen LogP contribution in [0.3, 0.4) is 0 Å². The standard InChI is InChI=1S/C9H14N2O4.2C8H12N2O4.C8H13NO3.2C7H11NO3.2C6H7NO3/c10-8(12)7-14-5-3-1-2-4-6-15-9(11)13;2*1-2-6(5-14-8(10)12)3-4-13-7(9)11;9-8(11)7-12-6-4-2-1-3-5-10;1-2-6(5-9)3-4-11-7(8)10;1-2-6(3-4-9)5-11-7(8)10;7-6(8)10-4-5-1-2-9-3-5;7-6(8)10-4-5-2-1-3-9-5/h1-4H,5-7H2,(H2,10,12)(H2,11,13);2*2-3H,1,4-5H2,(H2,9,11)(H2,10,12);1-4,10H,5-7H2,(H2,9,11);2*2-3,9H,1,4-5H2,(H2,8,10);2*1-3H,4H2,(H2,7,8)/b3-1+,4-2+;2*6-3-;3-1+,4-2+;2*6-3-;;. The lowest BCUT2D eigenvalue weighted by Gasteiger charge is -2.02. The minimum atomic E-state index is -0.881. The molecule has 0 spiro atoms. The van der Waals surface area contributed by atoms with Gasteiger partial charge in [-0.3, -0.25) is 9.59 Å². The molecule has 0 bridgehead atoms. The Morgan fingerprint density at radius 3 is 1.04 bits per heavy atom. The normalized spacial score (nSPS) is 10.5. The Balaban J connectivity index is -0.000000245. The Kier molecular flexibility index (Phi) is 70.1. The van der Waals surface area contributed by atoms with E-state index in [9.17, 15) is 52.7 Å². The van der Waals surface area contributed by atoms with Crippen molar-refractivity contribution < 1.29 is 129 Å². The SMILES string of the molecule is C=C/C(=C/CO)COC(N)=O.C=C/C(=C/COC(N)=O)CO.C=C/C(=C/COC(N)=O)COC(N)=O.C=C/C(=C/COC(N)=O)COC(N)=O.NC(=O)COC/C=C/C=C/CO.NC(=O)COC/C=C/C=C/COC(N)=O.NC(=O)OCc1ccco1.NC(=O)OCc1ccoc1. The van der Waals surface area contributed by atoms with Gasteiger partial charge in [-0.25, -0.2) is 43.2 Å². The molecule has 2 aromatic heterocycles. The van der Waals surface area contributed by atoms with Gasteiger partial charge in [0.1, 0.15) is 71.8 Å². The van der Waals surface area contributed by atoms with Crippen LogP contribution < -0.4 is 63.1 Å². The van der Waals surface area contributed by atoms with E-state index in [1.54, 1.807) is 66.8 Å². The zero-order valence-electron chi connectivity index (χ0n) is 52.8. The fourth-order valence-electron chi connectivity index (χ4n) is 4.28. The minimum absolute atomic E-state index is 0.00118. The second-order valence-corrected chi connectivity index (χ2v) is 15.9. The Bertz CT molecular complexity index is 2740. The topological polar surface area (TPSA) is 662 Å². The first-order chi connectivity index (χ1) is 46.0. The van der Waals surface area contributed by atoms with Crippen LogP contribution >= 0.6 is 0 Å². The maximum absolute atomic E-state index is 10.2. The molecule has 0 aliphatic heterocycles. The molecule has 11 amide bonds. The van der Waals surface area contributed by atoms with Crippen molar-refractivity contribution in [3.05, 3.63) is 194 Å². The van der Waals surface area contributed by atoms with Gasteiger partial charge in [0.05, 0.1) is 51.8 Å². The van der Waals surface area contributed by atoms with Gasteiger partial charge < -0.3 is 139 Å². The van der Waals surface area contributed by atoms with E-state index in [1.165, 1.54) is 67.4 Å². The molecule has 0 aromatic carbocycles. The van der Waals surface area contributed by atoms with Crippen LogP contribution in [0.1, 0.15) is 11.3 Å². The highest BCUT2D eigenvalue weighted by Gasteiger charge is 2.02. The molecule has 0 atom stereocenters. The highest BCUT2D eigenvalue weighted by molar-refractivity contribution is 5.75. The summed E-state index contributed by atoms with van der Waals surface area (Å²) < 4.78 is 59.2. The lowest BCUT2D eigenvalue weighted by Crippen LogP contribution is -2.17. The first-order valence-corrected chi connectivity index (χ1v) is 26.8. The fraction of sp³-hybridized carbons (Fsp3) is 0.271. The van der Waals surface area contributed by atoms with E-state index < -0.39 is 66.7 Å². The summed E-state index contributed by atoms with van der Waals surface area (Å²) in [4.78, 5) is 112. The minimum Gasteiger partial charge on any atom is -0.472 e. The number of aliphatic hydroxyl groups excluding tert-OH is 3. The van der Waals surface area contributed by atoms with Crippen LogP contribution in [0.4, 0.5) is 43.2 Å². The number of primary amides is 11. The maximum Gasteiger partial charge on any atom is 0.404 e. The van der Waals surface area contributed by atoms with Crippen LogP contribution in [0.15, 0.2) is 192 Å². The van der Waals surface area contributed by atoms with Crippen molar-refractivity contribution in [2.45, 2.75) is 13.2 Å². The molecule has 2 rings (SSSR count). The van der Waals surface area contributed by atoms with Crippen molar-refractivity contribution in [2.24, 2.45) is 63.1 Å². The molecule has 0 saturated heterocycles. The monoisotopic (exact) mass is 1380 g/mol. The van der Waals surface area contributed by atoms with Crippen molar-refractivity contribution in [3.8, 4) is 0 Å². The van der Waals surface area contributed by atoms with Gasteiger partial charge in [-0.2, -0.15) is 0 Å². The summed E-state index contributed by atoms with van der Waals surface area (Å²) in [7, 11) is 0. The molecule has 38 nitrogen and oxygen atoms in total. The smallest absolute Gasteiger partial charge is 0.404 e. The van der Waals surface area contributed by atoms with Crippen LogP contribution in [-0.4, -0.2) is 174 Å². The number of carbonyl (C=O) groups excluding carboxylic acids is 11. The average molecular weight is 1380 g/mol. The fourth-order valence-corrected chi connectivity index (χ4v) is 4.28. The molecule has 97 heavy (non-hydrogen) atoms. The summed E-state index contributed by atoms with van der Waals surface area (Å²) in [6, 6.07) is 5.10. The lowest BCUT2D eigenvalue weighted by atomic mass is 10.3. The molecule has 540 valence electrons. The first-order valence-electron chi connectivity index (χ1n) is 26.8. The second kappa shape index (κ2) is 71.1. The Morgan fingerprint density at radius 2 is 0.732 bits per heavy atom. The van der Waals surface area contributed by atoms with Gasteiger partial charge in [-0.1, -0.05) is 99.2 Å². The Labute approximate surface area is 557 Å². The largest absolute Gasteiger partial charge is 0.472 e. The number of aliphatic hydroxyl groups is 3. The number of ether oxygens (including phenoxy) is 11. The number of hydrogen-bond acceptors (Lipinski definition) is 27. The van der Waals surface area contributed by atoms with Gasteiger partial charge in [0.15, 0.2) is 6.61 Å². The summed E-state index contributed by atoms with van der Waals surface area (Å²) in [5.74, 6) is -0.401. The molecule has 0 saturated carbocycles. The van der Waals surface area contributed by atoms with E-state index in [0.717, 1.165) is 5.56 Å². The molecule has 0 fully saturated rings. The molecular weight excluding hydrogens is 1290 g/mol. The number of rotatable bonds is 35. The molecular formula is C59H87N11O27. The first kappa shape index (κ1) is 95.7. The predicted octanol–water partition coefficient (Wildman–Crippen LogP) is 1.99. The summed E-state index contributed by atoms with van der Waals surface area (Å²) in [5, 5.41) is 25.3. The molecule has 2 heterocycles. The summed E-state index contributed by atoms with van der Waals surface area (Å²) >= 11 is 0. The Morgan fingerprint density at radius 1 is 0.381 bits per heavy atom. The van der Waals surface area contributed by atoms with Crippen LogP contribution in [0.5, 0.6) is 0 Å². The third kappa shape index (κ3) is 90.1. The van der Waals surface area contributed by atoms with E-state index in [-0.39, 0.29) is 92.5 Å². The zero-order valence-corrected chi connectivity index (χ0v) is 52.8. The van der Waals surface area contributed by atoms with Crippen LogP contribution in [0.25, 0.3) is 0 Å². The Hall–Kier alpha value is -12.4. The van der Waals surface area contributed by atoms with E-state index in [0.29, 0.717) is 41.3 Å². The third-order valence-corrected chi connectivity index (χ3v) is 8.45. The summed E-state index contributed by atoms with van der Waals surface area (Å²) in [6.45, 7) is 14.6. The van der Waals surface area contributed by atoms with E-state index >= 15 is 0 Å². The number of allylic oxidation sites excluding steroid dienone is 4. The molecule has 38 heteroatoms. The molecule has 0 unspecified atom stereocenters. The molecule has 0 aliphatic rings. The van der Waals surface area contributed by atoms with E-state index in [4.69, 9.17) is 91.0 Å². The van der Waals surface area contributed by atoms with E-state index in [1.807, 2.05) is 0 Å². The lowest BCUT2D eigenvalue weighted by molar-refractivity contribution is -0.122. The van der Waals surface area contributed by atoms with Gasteiger partial charge in [0.25, 0.3) is 0 Å². The third-order valence-electron chi connectivity index (χ3n) is 8.45. The van der Waals surface area contributed by atoms with Crippen LogP contribution in [0, 0.1) is 0 Å². The van der Waals surface area contributed by atoms with E-state index in [2.05, 4.69) is 74.7 Å². The molecule has 2 aromatic rings. The van der Waals surface area contributed by atoms with Crippen LogP contribution in [-0.2, 0) is 74.9 Å². The van der Waals surface area contributed by atoms with Gasteiger partial charge >= 0.3 is 54.8 Å². The number of carbonyl (C=O) groups is 11. The average Bonchev–Trinajstić information content (AvgIpc) is 2.43. The number of nitrogens with two attached hydrogens (primary N) is 11. The van der Waals surface area contributed by atoms with Gasteiger partial charge in [0, 0.05) is 5.56 Å². The second-order valence-electron chi connectivity index (χ2n) is 15.9. The van der Waals surface area contributed by atoms with Crippen molar-refractivity contribution >= 4 is 66.7 Å². The molecule has 0 aliphatic carbocycles. The maximum atomic E-state index is 10.2. The number of hydrogen-bond donors (Lipinski definition) is 14. The summed E-state index contributed by atoms with van der Waals surface area (Å²) in [5.41, 5.74) is 55.3. The van der Waals surface area contributed by atoms with Crippen LogP contribution in [0.2, 0.25) is 0 Å². The van der Waals surface area contributed by atoms with Crippen molar-refractivity contribution in [1.29, 1.82) is 0 Å².